The van der Waals surface area contributed by atoms with Gasteiger partial charge in [-0.2, -0.15) is 0 Å². The molecule has 3 heteroatoms. The van der Waals surface area contributed by atoms with Gasteiger partial charge in [-0.05, 0) is 13.0 Å². The maximum atomic E-state index is 8.82. The monoisotopic (exact) mass is 153 g/mol. The van der Waals surface area contributed by atoms with Gasteiger partial charge in [0.2, 0.25) is 0 Å². The van der Waals surface area contributed by atoms with Gasteiger partial charge in [-0.15, -0.1) is 0 Å². The lowest BCUT2D eigenvalue weighted by atomic mass is 10.2. The van der Waals surface area contributed by atoms with Crippen LogP contribution in [0.25, 0.3) is 0 Å². The van der Waals surface area contributed by atoms with E-state index in [4.69, 9.17) is 9.84 Å². The maximum absolute atomic E-state index is 8.82. The van der Waals surface area contributed by atoms with Crippen LogP contribution >= 0.6 is 0 Å². The van der Waals surface area contributed by atoms with Crippen molar-refractivity contribution in [1.29, 1.82) is 0 Å². The van der Waals surface area contributed by atoms with Gasteiger partial charge < -0.3 is 9.84 Å². The van der Waals surface area contributed by atoms with Crippen LogP contribution in [0.1, 0.15) is 11.3 Å². The molecule has 1 heterocycles. The van der Waals surface area contributed by atoms with Crippen LogP contribution in [0, 0.1) is 6.92 Å². The Balaban J connectivity index is 3.10. The van der Waals surface area contributed by atoms with E-state index in [1.165, 1.54) is 0 Å². The molecule has 1 rings (SSSR count). The van der Waals surface area contributed by atoms with Gasteiger partial charge in [0.25, 0.3) is 0 Å². The van der Waals surface area contributed by atoms with Gasteiger partial charge >= 0.3 is 0 Å². The van der Waals surface area contributed by atoms with Crippen molar-refractivity contribution in [1.82, 2.24) is 4.98 Å². The summed E-state index contributed by atoms with van der Waals surface area (Å²) in [5, 5.41) is 8.82. The van der Waals surface area contributed by atoms with Crippen LogP contribution < -0.4 is 4.74 Å². The second-order valence-electron chi connectivity index (χ2n) is 2.24. The molecule has 0 saturated carbocycles. The van der Waals surface area contributed by atoms with Crippen molar-refractivity contribution in [2.45, 2.75) is 13.5 Å². The summed E-state index contributed by atoms with van der Waals surface area (Å²) in [6, 6.07) is 1.77. The topological polar surface area (TPSA) is 42.4 Å². The van der Waals surface area contributed by atoms with Crippen molar-refractivity contribution < 1.29 is 9.84 Å². The molecule has 60 valence electrons. The summed E-state index contributed by atoms with van der Waals surface area (Å²) in [6.07, 6.45) is 1.62. The summed E-state index contributed by atoms with van der Waals surface area (Å²) in [4.78, 5) is 3.98. The lowest BCUT2D eigenvalue weighted by Crippen LogP contribution is -1.96. The highest BCUT2D eigenvalue weighted by atomic mass is 16.5. The molecule has 0 aliphatic rings. The smallest absolute Gasteiger partial charge is 0.125 e. The Hall–Kier alpha value is -1.09. The Morgan fingerprint density at radius 3 is 2.91 bits per heavy atom. The number of hydrogen-bond donors (Lipinski definition) is 1. The predicted octanol–water partition coefficient (Wildman–Crippen LogP) is 0.891. The summed E-state index contributed by atoms with van der Waals surface area (Å²) >= 11 is 0. The van der Waals surface area contributed by atoms with E-state index >= 15 is 0 Å². The van der Waals surface area contributed by atoms with E-state index in [9.17, 15) is 0 Å². The molecule has 1 N–H and O–H groups in total. The van der Waals surface area contributed by atoms with E-state index < -0.39 is 0 Å². The van der Waals surface area contributed by atoms with Crippen LogP contribution in [0.2, 0.25) is 0 Å². The number of nitrogens with zero attached hydrogens (tertiary/aromatic N) is 1. The fourth-order valence-corrected chi connectivity index (χ4v) is 0.940. The Morgan fingerprint density at radius 2 is 2.36 bits per heavy atom. The second kappa shape index (κ2) is 3.34. The molecule has 1 aromatic rings. The summed E-state index contributed by atoms with van der Waals surface area (Å²) in [6.45, 7) is 1.83. The van der Waals surface area contributed by atoms with Crippen LogP contribution in [0.3, 0.4) is 0 Å². The molecule has 3 nitrogen and oxygen atoms in total. The fraction of sp³-hybridized carbons (Fsp3) is 0.375. The van der Waals surface area contributed by atoms with Crippen LogP contribution in [-0.2, 0) is 6.61 Å². The molecule has 0 aromatic carbocycles. The zero-order valence-corrected chi connectivity index (χ0v) is 6.66. The van der Waals surface area contributed by atoms with Crippen LogP contribution in [0.4, 0.5) is 0 Å². The van der Waals surface area contributed by atoms with E-state index in [-0.39, 0.29) is 6.61 Å². The number of methoxy groups -OCH3 is 1. The van der Waals surface area contributed by atoms with E-state index in [1.807, 2.05) is 6.92 Å². The minimum absolute atomic E-state index is 0.0387. The van der Waals surface area contributed by atoms with Gasteiger partial charge in [-0.3, -0.25) is 4.98 Å². The summed E-state index contributed by atoms with van der Waals surface area (Å²) in [5.74, 6) is 0.768. The summed E-state index contributed by atoms with van der Waals surface area (Å²) < 4.78 is 5.04. The minimum atomic E-state index is -0.0387. The van der Waals surface area contributed by atoms with Crippen molar-refractivity contribution in [2.24, 2.45) is 0 Å². The molecule has 0 unspecified atom stereocenters. The molecule has 1 aromatic heterocycles. The number of aromatic nitrogens is 1. The first-order chi connectivity index (χ1) is 5.29. The van der Waals surface area contributed by atoms with Gasteiger partial charge in [0.15, 0.2) is 0 Å². The molecule has 0 aliphatic heterocycles. The standard InChI is InChI=1S/C8H11NO2/c1-6-7(5-10)9-4-3-8(6)11-2/h3-4,10H,5H2,1-2H3. The highest BCUT2D eigenvalue weighted by molar-refractivity contribution is 5.33. The number of pyridine rings is 1. The zero-order valence-electron chi connectivity index (χ0n) is 6.66. The van der Waals surface area contributed by atoms with Gasteiger partial charge in [0, 0.05) is 11.8 Å². The molecule has 11 heavy (non-hydrogen) atoms. The number of aliphatic hydroxyl groups is 1. The highest BCUT2D eigenvalue weighted by Crippen LogP contribution is 2.18. The maximum Gasteiger partial charge on any atom is 0.125 e. The normalized spacial score (nSPS) is 9.73. The molecule has 0 amide bonds. The average molecular weight is 153 g/mol. The predicted molar refractivity (Wildman–Crippen MR) is 41.4 cm³/mol. The van der Waals surface area contributed by atoms with Crippen molar-refractivity contribution in [3.05, 3.63) is 23.5 Å². The quantitative estimate of drug-likeness (QED) is 0.686. The molecule has 0 saturated heterocycles. The number of aliphatic hydroxyl groups excluding tert-OH is 1. The average Bonchev–Trinajstić information content (AvgIpc) is 2.05. The van der Waals surface area contributed by atoms with Crippen molar-refractivity contribution >= 4 is 0 Å². The molecule has 0 aliphatic carbocycles. The van der Waals surface area contributed by atoms with E-state index in [0.717, 1.165) is 11.3 Å². The third kappa shape index (κ3) is 1.49. The van der Waals surface area contributed by atoms with Crippen molar-refractivity contribution in [3.8, 4) is 5.75 Å². The Morgan fingerprint density at radius 1 is 1.64 bits per heavy atom. The lowest BCUT2D eigenvalue weighted by molar-refractivity contribution is 0.274. The van der Waals surface area contributed by atoms with Gasteiger partial charge in [-0.25, -0.2) is 0 Å². The van der Waals surface area contributed by atoms with E-state index in [2.05, 4.69) is 4.98 Å². The van der Waals surface area contributed by atoms with Crippen LogP contribution in [0.5, 0.6) is 5.75 Å². The van der Waals surface area contributed by atoms with Gasteiger partial charge in [0.05, 0.1) is 19.4 Å². The van der Waals surface area contributed by atoms with Crippen LogP contribution in [0.15, 0.2) is 12.3 Å². The molecule has 0 bridgehead atoms. The molecule has 0 spiro atoms. The third-order valence-corrected chi connectivity index (χ3v) is 1.63. The molecule has 0 radical (unpaired) electrons. The fourth-order valence-electron chi connectivity index (χ4n) is 0.940. The number of hydrogen-bond acceptors (Lipinski definition) is 3. The first-order valence-electron chi connectivity index (χ1n) is 3.39. The molecular formula is C8H11NO2. The summed E-state index contributed by atoms with van der Waals surface area (Å²) in [5.41, 5.74) is 1.57. The van der Waals surface area contributed by atoms with E-state index in [1.54, 1.807) is 19.4 Å². The van der Waals surface area contributed by atoms with Crippen LogP contribution in [-0.4, -0.2) is 17.2 Å². The van der Waals surface area contributed by atoms with E-state index in [0.29, 0.717) is 5.69 Å². The zero-order chi connectivity index (χ0) is 8.27. The third-order valence-electron chi connectivity index (χ3n) is 1.63. The largest absolute Gasteiger partial charge is 0.496 e. The van der Waals surface area contributed by atoms with Crippen molar-refractivity contribution in [2.75, 3.05) is 7.11 Å². The first kappa shape index (κ1) is 8.01. The van der Waals surface area contributed by atoms with Crippen molar-refractivity contribution in [3.63, 3.8) is 0 Å². The molecule has 0 fully saturated rings. The molecule has 0 atom stereocenters. The number of rotatable bonds is 2. The number of ether oxygens (including phenoxy) is 1. The van der Waals surface area contributed by atoms with Gasteiger partial charge in [0.1, 0.15) is 5.75 Å². The second-order valence-corrected chi connectivity index (χ2v) is 2.24. The Bertz CT molecular complexity index is 226. The highest BCUT2D eigenvalue weighted by Gasteiger charge is 2.02. The minimum Gasteiger partial charge on any atom is -0.496 e. The molecular weight excluding hydrogens is 142 g/mol. The Labute approximate surface area is 65.7 Å². The first-order valence-corrected chi connectivity index (χ1v) is 3.39. The summed E-state index contributed by atoms with van der Waals surface area (Å²) in [7, 11) is 1.60. The Kier molecular flexibility index (Phi) is 2.44. The lowest BCUT2D eigenvalue weighted by Gasteiger charge is -2.05. The van der Waals surface area contributed by atoms with Gasteiger partial charge in [-0.1, -0.05) is 0 Å². The SMILES string of the molecule is COc1ccnc(CO)c1C.